The number of amides is 1. The van der Waals surface area contributed by atoms with Gasteiger partial charge in [0.05, 0.1) is 5.57 Å². The Hall–Kier alpha value is -2.89. The largest absolute Gasteiger partial charge is 0.507 e. The van der Waals surface area contributed by atoms with E-state index in [9.17, 15) is 14.7 Å². The van der Waals surface area contributed by atoms with Gasteiger partial charge in [0.1, 0.15) is 11.8 Å². The standard InChI is InChI=1S/C24H20ClNO3S/c1-13-7-8-16(11-15(13)3)21(27)19-20(23-14(2)9-10-30-23)26(24(29)22(19)28)18-6-4-5-17(25)12-18/h4-12,20,27H,1-3H3/b21-19-. The molecule has 0 radical (unpaired) electrons. The number of Topliss-reactive ketones (excluding diaryl/α,β-unsaturated/α-hetero) is 1. The van der Waals surface area contributed by atoms with Crippen LogP contribution < -0.4 is 4.90 Å². The molecule has 3 aromatic rings. The molecular weight excluding hydrogens is 418 g/mol. The molecule has 0 spiro atoms. The van der Waals surface area contributed by atoms with Gasteiger partial charge in [-0.25, -0.2) is 0 Å². The highest BCUT2D eigenvalue weighted by atomic mass is 35.5. The maximum absolute atomic E-state index is 13.1. The van der Waals surface area contributed by atoms with Crippen LogP contribution in [0.3, 0.4) is 0 Å². The maximum atomic E-state index is 13.1. The number of benzene rings is 2. The average molecular weight is 438 g/mol. The SMILES string of the molecule is Cc1ccc(/C(O)=C2/C(=O)C(=O)N(c3cccc(Cl)c3)C2c2sccc2C)cc1C. The zero-order chi connectivity index (χ0) is 21.6. The molecule has 30 heavy (non-hydrogen) atoms. The second kappa shape index (κ2) is 7.74. The Balaban J connectivity index is 1.97. The quantitative estimate of drug-likeness (QED) is 0.313. The zero-order valence-electron chi connectivity index (χ0n) is 16.8. The molecule has 0 bridgehead atoms. The van der Waals surface area contributed by atoms with Crippen molar-refractivity contribution in [2.45, 2.75) is 26.8 Å². The monoisotopic (exact) mass is 437 g/mol. The number of hydrogen-bond acceptors (Lipinski definition) is 4. The lowest BCUT2D eigenvalue weighted by atomic mass is 9.96. The van der Waals surface area contributed by atoms with Gasteiger partial charge < -0.3 is 5.11 Å². The summed E-state index contributed by atoms with van der Waals surface area (Å²) in [4.78, 5) is 28.5. The molecule has 1 N–H and O–H groups in total. The van der Waals surface area contributed by atoms with Crippen molar-refractivity contribution in [2.75, 3.05) is 4.90 Å². The first-order chi connectivity index (χ1) is 14.3. The van der Waals surface area contributed by atoms with Gasteiger partial charge in [-0.05, 0) is 73.2 Å². The van der Waals surface area contributed by atoms with Crippen LogP contribution in [0, 0.1) is 20.8 Å². The first-order valence-corrected chi connectivity index (χ1v) is 10.7. The summed E-state index contributed by atoms with van der Waals surface area (Å²) in [5, 5.41) is 13.5. The van der Waals surface area contributed by atoms with Crippen molar-refractivity contribution >= 4 is 46.1 Å². The molecule has 1 aliphatic rings. The fraction of sp³-hybridized carbons (Fsp3) is 0.167. The Morgan fingerprint density at radius 1 is 1.00 bits per heavy atom. The molecular formula is C24H20ClNO3S. The number of carbonyl (C=O) groups is 2. The Labute approximate surface area is 184 Å². The number of aryl methyl sites for hydroxylation is 3. The predicted molar refractivity (Wildman–Crippen MR) is 121 cm³/mol. The first-order valence-electron chi connectivity index (χ1n) is 9.47. The summed E-state index contributed by atoms with van der Waals surface area (Å²) in [7, 11) is 0. The number of rotatable bonds is 3. The summed E-state index contributed by atoms with van der Waals surface area (Å²) in [5.74, 6) is -1.55. The lowest BCUT2D eigenvalue weighted by Crippen LogP contribution is -2.29. The normalized spacial score (nSPS) is 18.3. The predicted octanol–water partition coefficient (Wildman–Crippen LogP) is 5.95. The van der Waals surface area contributed by atoms with Crippen LogP contribution in [0.4, 0.5) is 5.69 Å². The number of aliphatic hydroxyl groups excluding tert-OH is 1. The van der Waals surface area contributed by atoms with E-state index < -0.39 is 17.7 Å². The second-order valence-corrected chi connectivity index (χ2v) is 8.80. The number of ketones is 1. The molecule has 1 saturated heterocycles. The van der Waals surface area contributed by atoms with Crippen molar-refractivity contribution in [3.63, 3.8) is 0 Å². The number of carbonyl (C=O) groups excluding carboxylic acids is 2. The third kappa shape index (κ3) is 3.34. The van der Waals surface area contributed by atoms with Crippen molar-refractivity contribution in [2.24, 2.45) is 0 Å². The minimum absolute atomic E-state index is 0.0915. The topological polar surface area (TPSA) is 57.6 Å². The number of anilines is 1. The van der Waals surface area contributed by atoms with Crippen LogP contribution in [0.1, 0.15) is 33.2 Å². The molecule has 2 aromatic carbocycles. The van der Waals surface area contributed by atoms with Gasteiger partial charge in [-0.3, -0.25) is 14.5 Å². The number of aliphatic hydroxyl groups is 1. The summed E-state index contributed by atoms with van der Waals surface area (Å²) in [6.07, 6.45) is 0. The number of thiophene rings is 1. The highest BCUT2D eigenvalue weighted by Gasteiger charge is 2.47. The molecule has 4 rings (SSSR count). The van der Waals surface area contributed by atoms with E-state index in [1.807, 2.05) is 44.4 Å². The Morgan fingerprint density at radius 3 is 2.40 bits per heavy atom. The van der Waals surface area contributed by atoms with Gasteiger partial charge in [-0.15, -0.1) is 11.3 Å². The summed E-state index contributed by atoms with van der Waals surface area (Å²) < 4.78 is 0. The van der Waals surface area contributed by atoms with Crippen LogP contribution in [-0.2, 0) is 9.59 Å². The lowest BCUT2D eigenvalue weighted by molar-refractivity contribution is -0.132. The number of nitrogens with zero attached hydrogens (tertiary/aromatic N) is 1. The molecule has 4 nitrogen and oxygen atoms in total. The highest BCUT2D eigenvalue weighted by Crippen LogP contribution is 2.45. The van der Waals surface area contributed by atoms with Crippen molar-refractivity contribution in [3.8, 4) is 0 Å². The van der Waals surface area contributed by atoms with E-state index in [-0.39, 0.29) is 11.3 Å². The molecule has 2 heterocycles. The molecule has 1 amide bonds. The summed E-state index contributed by atoms with van der Waals surface area (Å²) in [6.45, 7) is 5.85. The van der Waals surface area contributed by atoms with Gasteiger partial charge >= 0.3 is 0 Å². The third-order valence-electron chi connectivity index (χ3n) is 5.46. The van der Waals surface area contributed by atoms with E-state index in [2.05, 4.69) is 0 Å². The smallest absolute Gasteiger partial charge is 0.300 e. The van der Waals surface area contributed by atoms with Gasteiger partial charge in [0.2, 0.25) is 0 Å². The van der Waals surface area contributed by atoms with Crippen LogP contribution in [-0.4, -0.2) is 16.8 Å². The van der Waals surface area contributed by atoms with Gasteiger partial charge in [0, 0.05) is 21.2 Å². The molecule has 1 fully saturated rings. The molecule has 1 unspecified atom stereocenters. The molecule has 1 aromatic heterocycles. The van der Waals surface area contributed by atoms with E-state index in [1.54, 1.807) is 30.3 Å². The zero-order valence-corrected chi connectivity index (χ0v) is 18.3. The summed E-state index contributed by atoms with van der Waals surface area (Å²) in [6, 6.07) is 13.5. The Kier molecular flexibility index (Phi) is 5.26. The number of hydrogen-bond donors (Lipinski definition) is 1. The van der Waals surface area contributed by atoms with Crippen LogP contribution in [0.25, 0.3) is 5.76 Å². The van der Waals surface area contributed by atoms with E-state index >= 15 is 0 Å². The summed E-state index contributed by atoms with van der Waals surface area (Å²) >= 11 is 7.61. The van der Waals surface area contributed by atoms with E-state index in [0.29, 0.717) is 16.3 Å². The first kappa shape index (κ1) is 20.4. The van der Waals surface area contributed by atoms with Crippen molar-refractivity contribution in [3.05, 3.63) is 91.6 Å². The van der Waals surface area contributed by atoms with Crippen LogP contribution in [0.5, 0.6) is 0 Å². The van der Waals surface area contributed by atoms with Gasteiger partial charge in [0.15, 0.2) is 0 Å². The van der Waals surface area contributed by atoms with Gasteiger partial charge in [-0.2, -0.15) is 0 Å². The van der Waals surface area contributed by atoms with E-state index in [1.165, 1.54) is 16.2 Å². The van der Waals surface area contributed by atoms with Gasteiger partial charge in [-0.1, -0.05) is 29.8 Å². The van der Waals surface area contributed by atoms with Crippen LogP contribution in [0.15, 0.2) is 59.5 Å². The molecule has 0 saturated carbocycles. The highest BCUT2D eigenvalue weighted by molar-refractivity contribution is 7.10. The van der Waals surface area contributed by atoms with Crippen molar-refractivity contribution in [1.82, 2.24) is 0 Å². The average Bonchev–Trinajstić information content (AvgIpc) is 3.24. The summed E-state index contributed by atoms with van der Waals surface area (Å²) in [5.41, 5.74) is 4.14. The van der Waals surface area contributed by atoms with Gasteiger partial charge in [0.25, 0.3) is 11.7 Å². The molecule has 0 aliphatic carbocycles. The fourth-order valence-electron chi connectivity index (χ4n) is 3.68. The Morgan fingerprint density at radius 2 is 1.77 bits per heavy atom. The van der Waals surface area contributed by atoms with E-state index in [0.717, 1.165) is 21.6 Å². The molecule has 6 heteroatoms. The van der Waals surface area contributed by atoms with Crippen molar-refractivity contribution < 1.29 is 14.7 Å². The molecule has 1 aliphatic heterocycles. The van der Waals surface area contributed by atoms with Crippen molar-refractivity contribution in [1.29, 1.82) is 0 Å². The van der Waals surface area contributed by atoms with E-state index in [4.69, 9.17) is 11.6 Å². The van der Waals surface area contributed by atoms with Crippen LogP contribution >= 0.6 is 22.9 Å². The Bertz CT molecular complexity index is 1210. The third-order valence-corrected chi connectivity index (χ3v) is 6.77. The molecule has 1 atom stereocenters. The number of halogens is 1. The fourth-order valence-corrected chi connectivity index (χ4v) is 4.89. The minimum Gasteiger partial charge on any atom is -0.507 e. The lowest BCUT2D eigenvalue weighted by Gasteiger charge is -2.25. The van der Waals surface area contributed by atoms with Crippen LogP contribution in [0.2, 0.25) is 5.02 Å². The second-order valence-electron chi connectivity index (χ2n) is 7.42. The minimum atomic E-state index is -0.718. The maximum Gasteiger partial charge on any atom is 0.300 e. The molecule has 152 valence electrons.